The first-order chi connectivity index (χ1) is 8.65. The summed E-state index contributed by atoms with van der Waals surface area (Å²) in [4.78, 5) is 24.4. The number of phenolic OH excluding ortho intramolecular Hbond substituents is 1. The fourth-order valence-corrected chi connectivity index (χ4v) is 1.69. The third-order valence-electron chi connectivity index (χ3n) is 2.66. The Balaban J connectivity index is 1.98. The first kappa shape index (κ1) is 12.2. The number of carbonyl (C=O) groups excluding carboxylic acids is 2. The topological polar surface area (TPSA) is 69.6 Å². The highest BCUT2D eigenvalue weighted by molar-refractivity contribution is 5.94. The number of aromatic hydroxyl groups is 1. The van der Waals surface area contributed by atoms with Crippen LogP contribution >= 0.6 is 0 Å². The maximum atomic E-state index is 11.8. The third-order valence-corrected chi connectivity index (χ3v) is 2.66. The number of carbonyl (C=O) groups is 2. The molecule has 1 aliphatic heterocycles. The van der Waals surface area contributed by atoms with Crippen molar-refractivity contribution in [3.8, 4) is 5.75 Å². The second-order valence-corrected chi connectivity index (χ2v) is 4.03. The van der Waals surface area contributed by atoms with Crippen molar-refractivity contribution in [1.29, 1.82) is 0 Å². The lowest BCUT2D eigenvalue weighted by atomic mass is 10.2. The Bertz CT molecular complexity index is 480. The predicted octanol–water partition coefficient (Wildman–Crippen LogP) is 0.364. The van der Waals surface area contributed by atoms with E-state index in [0.29, 0.717) is 13.1 Å². The summed E-state index contributed by atoms with van der Waals surface area (Å²) < 4.78 is 0. The van der Waals surface area contributed by atoms with Gasteiger partial charge in [-0.1, -0.05) is 12.1 Å². The molecule has 0 aromatic heterocycles. The van der Waals surface area contributed by atoms with Gasteiger partial charge in [0.1, 0.15) is 5.75 Å². The highest BCUT2D eigenvalue weighted by Crippen LogP contribution is 2.11. The maximum Gasteiger partial charge on any atom is 0.247 e. The molecule has 18 heavy (non-hydrogen) atoms. The van der Waals surface area contributed by atoms with Crippen LogP contribution in [0.3, 0.4) is 0 Å². The van der Waals surface area contributed by atoms with Crippen LogP contribution in [-0.4, -0.2) is 41.5 Å². The van der Waals surface area contributed by atoms with E-state index >= 15 is 0 Å². The molecule has 0 radical (unpaired) electrons. The molecule has 0 spiro atoms. The summed E-state index contributed by atoms with van der Waals surface area (Å²) in [5.74, 6) is -0.128. The van der Waals surface area contributed by atoms with Crippen molar-refractivity contribution in [3.63, 3.8) is 0 Å². The minimum atomic E-state index is -0.182. The molecule has 1 aromatic carbocycles. The van der Waals surface area contributed by atoms with Crippen molar-refractivity contribution < 1.29 is 14.7 Å². The first-order valence-corrected chi connectivity index (χ1v) is 5.68. The van der Waals surface area contributed by atoms with Crippen LogP contribution in [0.1, 0.15) is 5.56 Å². The average Bonchev–Trinajstić information content (AvgIpc) is 2.38. The van der Waals surface area contributed by atoms with Crippen LogP contribution in [0.4, 0.5) is 0 Å². The number of nitrogens with one attached hydrogen (secondary N) is 1. The van der Waals surface area contributed by atoms with Gasteiger partial charge in [0, 0.05) is 19.2 Å². The molecule has 0 unspecified atom stereocenters. The third kappa shape index (κ3) is 3.10. The van der Waals surface area contributed by atoms with Crippen LogP contribution < -0.4 is 5.32 Å². The Morgan fingerprint density at radius 3 is 2.72 bits per heavy atom. The standard InChI is InChI=1S/C13H14N2O3/c16-11-4-1-10(2-5-11)3-6-13(18)15-8-7-14-12(17)9-15/h1-6,16H,7-9H2,(H,14,17). The number of nitrogens with zero attached hydrogens (tertiary/aromatic N) is 1. The van der Waals surface area contributed by atoms with E-state index in [4.69, 9.17) is 5.11 Å². The molecule has 0 atom stereocenters. The zero-order valence-electron chi connectivity index (χ0n) is 9.80. The summed E-state index contributed by atoms with van der Waals surface area (Å²) in [7, 11) is 0. The Morgan fingerprint density at radius 1 is 1.33 bits per heavy atom. The van der Waals surface area contributed by atoms with E-state index in [1.807, 2.05) is 0 Å². The molecular weight excluding hydrogens is 232 g/mol. The summed E-state index contributed by atoms with van der Waals surface area (Å²) in [5.41, 5.74) is 0.822. The molecule has 5 nitrogen and oxygen atoms in total. The zero-order chi connectivity index (χ0) is 13.0. The lowest BCUT2D eigenvalue weighted by molar-refractivity contribution is -0.134. The summed E-state index contributed by atoms with van der Waals surface area (Å²) in [5, 5.41) is 11.8. The summed E-state index contributed by atoms with van der Waals surface area (Å²) in [6.07, 6.45) is 3.10. The number of hydrogen-bond acceptors (Lipinski definition) is 3. The van der Waals surface area contributed by atoms with Gasteiger partial charge in [-0.25, -0.2) is 0 Å². The van der Waals surface area contributed by atoms with Gasteiger partial charge >= 0.3 is 0 Å². The molecular formula is C13H14N2O3. The largest absolute Gasteiger partial charge is 0.508 e. The molecule has 1 aliphatic rings. The summed E-state index contributed by atoms with van der Waals surface area (Å²) in [6.45, 7) is 1.14. The Labute approximate surface area is 105 Å². The Kier molecular flexibility index (Phi) is 3.62. The minimum Gasteiger partial charge on any atom is -0.508 e. The van der Waals surface area contributed by atoms with E-state index in [0.717, 1.165) is 5.56 Å². The number of benzene rings is 1. The van der Waals surface area contributed by atoms with Crippen molar-refractivity contribution in [2.45, 2.75) is 0 Å². The molecule has 1 aromatic rings. The normalized spacial score (nSPS) is 15.8. The van der Waals surface area contributed by atoms with Crippen LogP contribution in [0.25, 0.3) is 6.08 Å². The number of piperazine rings is 1. The molecule has 0 saturated carbocycles. The smallest absolute Gasteiger partial charge is 0.247 e. The number of amides is 2. The van der Waals surface area contributed by atoms with Gasteiger partial charge in [0.15, 0.2) is 0 Å². The van der Waals surface area contributed by atoms with Gasteiger partial charge < -0.3 is 15.3 Å². The van der Waals surface area contributed by atoms with Crippen LogP contribution in [0.15, 0.2) is 30.3 Å². The zero-order valence-corrected chi connectivity index (χ0v) is 9.80. The van der Waals surface area contributed by atoms with Gasteiger partial charge in [-0.3, -0.25) is 9.59 Å². The van der Waals surface area contributed by atoms with Gasteiger partial charge in [-0.2, -0.15) is 0 Å². The Morgan fingerprint density at radius 2 is 2.06 bits per heavy atom. The fourth-order valence-electron chi connectivity index (χ4n) is 1.69. The van der Waals surface area contributed by atoms with Gasteiger partial charge in [0.2, 0.25) is 11.8 Å². The molecule has 0 bridgehead atoms. The molecule has 2 rings (SSSR count). The lowest BCUT2D eigenvalue weighted by Gasteiger charge is -2.25. The average molecular weight is 246 g/mol. The summed E-state index contributed by atoms with van der Waals surface area (Å²) >= 11 is 0. The molecule has 2 amide bonds. The number of phenols is 1. The fraction of sp³-hybridized carbons (Fsp3) is 0.231. The van der Waals surface area contributed by atoms with Crippen molar-refractivity contribution in [2.24, 2.45) is 0 Å². The van der Waals surface area contributed by atoms with Crippen LogP contribution in [0, 0.1) is 0 Å². The second-order valence-electron chi connectivity index (χ2n) is 4.03. The van der Waals surface area contributed by atoms with Crippen LogP contribution in [0.5, 0.6) is 5.75 Å². The van der Waals surface area contributed by atoms with Crippen LogP contribution in [-0.2, 0) is 9.59 Å². The van der Waals surface area contributed by atoms with Gasteiger partial charge in [0.05, 0.1) is 6.54 Å². The van der Waals surface area contributed by atoms with Crippen LogP contribution in [0.2, 0.25) is 0 Å². The summed E-state index contributed by atoms with van der Waals surface area (Å²) in [6, 6.07) is 6.53. The SMILES string of the molecule is O=C1CN(C(=O)C=Cc2ccc(O)cc2)CCN1. The number of hydrogen-bond donors (Lipinski definition) is 2. The van der Waals surface area contributed by atoms with E-state index < -0.39 is 0 Å². The van der Waals surface area contributed by atoms with E-state index in [-0.39, 0.29) is 24.1 Å². The quantitative estimate of drug-likeness (QED) is 0.740. The van der Waals surface area contributed by atoms with E-state index in [2.05, 4.69) is 5.32 Å². The van der Waals surface area contributed by atoms with Crippen molar-refractivity contribution >= 4 is 17.9 Å². The van der Waals surface area contributed by atoms with Gasteiger partial charge in [0.25, 0.3) is 0 Å². The van der Waals surface area contributed by atoms with Crippen molar-refractivity contribution in [2.75, 3.05) is 19.6 Å². The second kappa shape index (κ2) is 5.35. The van der Waals surface area contributed by atoms with Gasteiger partial charge in [-0.05, 0) is 23.8 Å². The molecule has 0 aliphatic carbocycles. The highest BCUT2D eigenvalue weighted by atomic mass is 16.3. The van der Waals surface area contributed by atoms with Crippen molar-refractivity contribution in [1.82, 2.24) is 10.2 Å². The molecule has 1 heterocycles. The molecule has 94 valence electrons. The van der Waals surface area contributed by atoms with Crippen molar-refractivity contribution in [3.05, 3.63) is 35.9 Å². The first-order valence-electron chi connectivity index (χ1n) is 5.68. The molecule has 5 heteroatoms. The van der Waals surface area contributed by atoms with E-state index in [1.54, 1.807) is 30.3 Å². The van der Waals surface area contributed by atoms with Gasteiger partial charge in [-0.15, -0.1) is 0 Å². The molecule has 1 fully saturated rings. The number of rotatable bonds is 2. The lowest BCUT2D eigenvalue weighted by Crippen LogP contribution is -2.49. The predicted molar refractivity (Wildman–Crippen MR) is 66.7 cm³/mol. The van der Waals surface area contributed by atoms with E-state index in [1.165, 1.54) is 11.0 Å². The highest BCUT2D eigenvalue weighted by Gasteiger charge is 2.18. The monoisotopic (exact) mass is 246 g/mol. The molecule has 1 saturated heterocycles. The minimum absolute atomic E-state index is 0.110. The maximum absolute atomic E-state index is 11.8. The molecule has 2 N–H and O–H groups in total. The Hall–Kier alpha value is -2.30. The van der Waals surface area contributed by atoms with E-state index in [9.17, 15) is 9.59 Å².